The van der Waals surface area contributed by atoms with E-state index in [1.165, 1.54) is 0 Å². The first kappa shape index (κ1) is 17.2. The lowest BCUT2D eigenvalue weighted by molar-refractivity contribution is 0.0241. The zero-order valence-corrected chi connectivity index (χ0v) is 13.8. The van der Waals surface area contributed by atoms with Gasteiger partial charge in [-0.2, -0.15) is 8.42 Å². The minimum atomic E-state index is -3.68. The van der Waals surface area contributed by atoms with E-state index in [9.17, 15) is 8.42 Å². The van der Waals surface area contributed by atoms with Gasteiger partial charge in [-0.05, 0) is 51.2 Å². The second-order valence-electron chi connectivity index (χ2n) is 5.56. The monoisotopic (exact) mass is 324 g/mol. The summed E-state index contributed by atoms with van der Waals surface area (Å²) in [6, 6.07) is 6.64. The predicted molar refractivity (Wildman–Crippen MR) is 86.3 cm³/mol. The summed E-state index contributed by atoms with van der Waals surface area (Å²) in [6.07, 6.45) is 9.85. The molecule has 1 aliphatic rings. The Balaban J connectivity index is 1.75. The van der Waals surface area contributed by atoms with Crippen LogP contribution in [0, 0.1) is 6.92 Å². The van der Waals surface area contributed by atoms with E-state index in [-0.39, 0.29) is 17.6 Å². The summed E-state index contributed by atoms with van der Waals surface area (Å²) in [5, 5.41) is 0. The third-order valence-electron chi connectivity index (χ3n) is 3.70. The molecule has 0 amide bonds. The van der Waals surface area contributed by atoms with Crippen LogP contribution in [0.4, 0.5) is 0 Å². The van der Waals surface area contributed by atoms with Gasteiger partial charge in [0.15, 0.2) is 0 Å². The Morgan fingerprint density at radius 3 is 2.55 bits per heavy atom. The summed E-state index contributed by atoms with van der Waals surface area (Å²) >= 11 is 0. The van der Waals surface area contributed by atoms with E-state index in [4.69, 9.17) is 8.92 Å². The van der Waals surface area contributed by atoms with Crippen molar-refractivity contribution in [2.24, 2.45) is 0 Å². The van der Waals surface area contributed by atoms with E-state index < -0.39 is 10.1 Å². The van der Waals surface area contributed by atoms with Gasteiger partial charge in [0.05, 0.1) is 24.2 Å². The van der Waals surface area contributed by atoms with Crippen molar-refractivity contribution in [1.29, 1.82) is 0 Å². The molecule has 1 aromatic carbocycles. The highest BCUT2D eigenvalue weighted by Gasteiger charge is 2.15. The highest BCUT2D eigenvalue weighted by Crippen LogP contribution is 2.16. The molecule has 1 atom stereocenters. The van der Waals surface area contributed by atoms with Crippen LogP contribution in [0.25, 0.3) is 0 Å². The molecule has 0 radical (unpaired) electrons. The Bertz CT molecular complexity index is 575. The molecule has 122 valence electrons. The van der Waals surface area contributed by atoms with Gasteiger partial charge < -0.3 is 4.74 Å². The van der Waals surface area contributed by atoms with Crippen LogP contribution in [0.1, 0.15) is 37.7 Å². The molecule has 5 heteroatoms. The molecular formula is C17H24O4S. The molecule has 0 N–H and O–H groups in total. The van der Waals surface area contributed by atoms with Crippen LogP contribution in [0.5, 0.6) is 0 Å². The highest BCUT2D eigenvalue weighted by atomic mass is 32.2. The minimum absolute atomic E-state index is 0.0581. The van der Waals surface area contributed by atoms with Crippen molar-refractivity contribution in [1.82, 2.24) is 0 Å². The van der Waals surface area contributed by atoms with E-state index in [1.54, 1.807) is 24.3 Å². The van der Waals surface area contributed by atoms with Crippen LogP contribution < -0.4 is 0 Å². The molecule has 0 heterocycles. The third-order valence-corrected chi connectivity index (χ3v) is 5.03. The van der Waals surface area contributed by atoms with Crippen LogP contribution in [0.15, 0.2) is 41.3 Å². The van der Waals surface area contributed by atoms with Crippen molar-refractivity contribution in [2.45, 2.75) is 50.0 Å². The molecule has 0 saturated carbocycles. The van der Waals surface area contributed by atoms with E-state index in [2.05, 4.69) is 12.2 Å². The zero-order chi connectivity index (χ0) is 15.8. The van der Waals surface area contributed by atoms with Crippen LogP contribution >= 0.6 is 0 Å². The summed E-state index contributed by atoms with van der Waals surface area (Å²) in [6.45, 7) is 2.28. The SMILES string of the molecule is Cc1ccc(S(=O)(=O)OCCO[C@H]2CC/C=C/CCC2)cc1. The Kier molecular flexibility index (Phi) is 6.61. The number of hydrogen-bond acceptors (Lipinski definition) is 4. The predicted octanol–water partition coefficient (Wildman–Crippen LogP) is 3.61. The number of rotatable bonds is 6. The average Bonchev–Trinajstić information content (AvgIpc) is 2.45. The maximum absolute atomic E-state index is 12.0. The van der Waals surface area contributed by atoms with Gasteiger partial charge in [-0.25, -0.2) is 0 Å². The van der Waals surface area contributed by atoms with Crippen molar-refractivity contribution >= 4 is 10.1 Å². The van der Waals surface area contributed by atoms with E-state index in [0.29, 0.717) is 6.61 Å². The second-order valence-corrected chi connectivity index (χ2v) is 7.18. The standard InChI is InChI=1S/C17H24O4S/c1-15-9-11-17(12-10-15)22(18,19)21-14-13-20-16-7-5-3-2-4-6-8-16/h2-3,9-12,16H,4-8,13-14H2,1H3/b3-2+/t16-/m0/s1. The summed E-state index contributed by atoms with van der Waals surface area (Å²) in [5.74, 6) is 0. The van der Waals surface area contributed by atoms with E-state index in [0.717, 1.165) is 37.7 Å². The highest BCUT2D eigenvalue weighted by molar-refractivity contribution is 7.86. The molecule has 0 fully saturated rings. The van der Waals surface area contributed by atoms with Crippen LogP contribution in [-0.4, -0.2) is 27.7 Å². The van der Waals surface area contributed by atoms with Crippen LogP contribution in [0.3, 0.4) is 0 Å². The van der Waals surface area contributed by atoms with Gasteiger partial charge in [0.2, 0.25) is 0 Å². The molecule has 0 unspecified atom stereocenters. The Labute approximate surface area is 133 Å². The van der Waals surface area contributed by atoms with Gasteiger partial charge in [0.25, 0.3) is 10.1 Å². The fourth-order valence-electron chi connectivity index (χ4n) is 2.42. The largest absolute Gasteiger partial charge is 0.376 e. The van der Waals surface area contributed by atoms with Crippen LogP contribution in [-0.2, 0) is 19.0 Å². The number of hydrogen-bond donors (Lipinski definition) is 0. The maximum Gasteiger partial charge on any atom is 0.297 e. The summed E-state index contributed by atoms with van der Waals surface area (Å²) in [5.41, 5.74) is 1.01. The molecule has 0 spiro atoms. The number of ether oxygens (including phenoxy) is 1. The second kappa shape index (κ2) is 8.46. The van der Waals surface area contributed by atoms with Crippen molar-refractivity contribution in [3.63, 3.8) is 0 Å². The molecule has 2 rings (SSSR count). The zero-order valence-electron chi connectivity index (χ0n) is 13.0. The first-order valence-corrected chi connectivity index (χ1v) is 9.21. The minimum Gasteiger partial charge on any atom is -0.376 e. The van der Waals surface area contributed by atoms with Gasteiger partial charge in [-0.1, -0.05) is 29.8 Å². The van der Waals surface area contributed by atoms with Gasteiger partial charge in [0, 0.05) is 0 Å². The number of benzene rings is 1. The van der Waals surface area contributed by atoms with Gasteiger partial charge in [-0.15, -0.1) is 0 Å². The smallest absolute Gasteiger partial charge is 0.297 e. The molecule has 0 aromatic heterocycles. The molecule has 0 saturated heterocycles. The first-order chi connectivity index (χ1) is 10.6. The molecular weight excluding hydrogens is 300 g/mol. The molecule has 1 aromatic rings. The van der Waals surface area contributed by atoms with Crippen molar-refractivity contribution in [3.8, 4) is 0 Å². The van der Waals surface area contributed by atoms with Gasteiger partial charge in [0.1, 0.15) is 0 Å². The molecule has 0 bridgehead atoms. The third kappa shape index (κ3) is 5.55. The fraction of sp³-hybridized carbons (Fsp3) is 0.529. The molecule has 4 nitrogen and oxygen atoms in total. The number of aryl methyl sites for hydroxylation is 1. The fourth-order valence-corrected chi connectivity index (χ4v) is 3.32. The number of allylic oxidation sites excluding steroid dienone is 2. The Hall–Kier alpha value is -1.17. The summed E-state index contributed by atoms with van der Waals surface area (Å²) in [7, 11) is -3.68. The lowest BCUT2D eigenvalue weighted by Crippen LogP contribution is -2.18. The summed E-state index contributed by atoms with van der Waals surface area (Å²) in [4.78, 5) is 0.189. The maximum atomic E-state index is 12.0. The lowest BCUT2D eigenvalue weighted by Gasteiger charge is -2.18. The van der Waals surface area contributed by atoms with E-state index >= 15 is 0 Å². The first-order valence-electron chi connectivity index (χ1n) is 7.80. The quantitative estimate of drug-likeness (QED) is 0.456. The van der Waals surface area contributed by atoms with Gasteiger partial charge in [-0.3, -0.25) is 4.18 Å². The van der Waals surface area contributed by atoms with E-state index in [1.807, 2.05) is 6.92 Å². The normalized spacial score (nSPS) is 21.0. The average molecular weight is 324 g/mol. The van der Waals surface area contributed by atoms with Gasteiger partial charge >= 0.3 is 0 Å². The lowest BCUT2D eigenvalue weighted by atomic mass is 10.0. The Morgan fingerprint density at radius 2 is 1.77 bits per heavy atom. The molecule has 22 heavy (non-hydrogen) atoms. The Morgan fingerprint density at radius 1 is 1.05 bits per heavy atom. The van der Waals surface area contributed by atoms with Crippen molar-refractivity contribution in [2.75, 3.05) is 13.2 Å². The summed E-state index contributed by atoms with van der Waals surface area (Å²) < 4.78 is 34.8. The van der Waals surface area contributed by atoms with Crippen LogP contribution in [0.2, 0.25) is 0 Å². The topological polar surface area (TPSA) is 52.6 Å². The molecule has 1 aliphatic carbocycles. The van der Waals surface area contributed by atoms with Crippen molar-refractivity contribution in [3.05, 3.63) is 42.0 Å². The van der Waals surface area contributed by atoms with Crippen molar-refractivity contribution < 1.29 is 17.3 Å². The molecule has 0 aliphatic heterocycles.